The number of ether oxygens (including phenoxy) is 1. The highest BCUT2D eigenvalue weighted by atomic mass is 19.3. The van der Waals surface area contributed by atoms with Crippen molar-refractivity contribution < 1.29 is 18.3 Å². The number of carbonyl (C=O) groups is 1. The first-order valence-corrected chi connectivity index (χ1v) is 4.53. The highest BCUT2D eigenvalue weighted by Crippen LogP contribution is 2.22. The molecule has 6 heteroatoms. The second-order valence-corrected chi connectivity index (χ2v) is 3.25. The minimum atomic E-state index is -2.74. The number of aromatic nitrogens is 1. The standard InChI is InChI=1S/C10H11F2NO3/c1-5-6(10(11)12)3-8(14)13-7(5)4-9(15)16-2/h3,10H,4H2,1-2H3,(H,13,14). The molecule has 0 saturated carbocycles. The Bertz CT molecular complexity index is 454. The van der Waals surface area contributed by atoms with Crippen molar-refractivity contribution >= 4 is 5.97 Å². The smallest absolute Gasteiger partial charge is 0.311 e. The number of aromatic amines is 1. The van der Waals surface area contributed by atoms with Gasteiger partial charge in [0.2, 0.25) is 5.56 Å². The fourth-order valence-electron chi connectivity index (χ4n) is 1.32. The molecule has 0 aliphatic rings. The Kier molecular flexibility index (Phi) is 3.76. The molecule has 0 radical (unpaired) electrons. The maximum Gasteiger partial charge on any atom is 0.311 e. The molecule has 88 valence electrons. The second kappa shape index (κ2) is 4.87. The summed E-state index contributed by atoms with van der Waals surface area (Å²) in [7, 11) is 1.19. The number of halogens is 2. The predicted molar refractivity (Wildman–Crippen MR) is 52.5 cm³/mol. The number of carbonyl (C=O) groups excluding carboxylic acids is 1. The lowest BCUT2D eigenvalue weighted by atomic mass is 10.1. The van der Waals surface area contributed by atoms with Crippen molar-refractivity contribution in [2.45, 2.75) is 19.8 Å². The van der Waals surface area contributed by atoms with E-state index >= 15 is 0 Å². The first-order chi connectivity index (χ1) is 7.45. The Morgan fingerprint density at radius 3 is 2.69 bits per heavy atom. The van der Waals surface area contributed by atoms with E-state index in [0.717, 1.165) is 6.07 Å². The molecular formula is C10H11F2NO3. The largest absolute Gasteiger partial charge is 0.469 e. The summed E-state index contributed by atoms with van der Waals surface area (Å²) in [6.07, 6.45) is -2.96. The molecule has 1 heterocycles. The van der Waals surface area contributed by atoms with Gasteiger partial charge in [0.1, 0.15) is 0 Å². The number of H-pyrrole nitrogens is 1. The first kappa shape index (κ1) is 12.4. The molecule has 0 unspecified atom stereocenters. The van der Waals surface area contributed by atoms with Crippen molar-refractivity contribution in [3.05, 3.63) is 33.2 Å². The van der Waals surface area contributed by atoms with E-state index in [1.807, 2.05) is 0 Å². The van der Waals surface area contributed by atoms with Gasteiger partial charge in [0.15, 0.2) is 0 Å². The molecule has 0 amide bonds. The minimum absolute atomic E-state index is 0.162. The molecule has 4 nitrogen and oxygen atoms in total. The number of methoxy groups -OCH3 is 1. The van der Waals surface area contributed by atoms with Crippen LogP contribution in [-0.2, 0) is 16.0 Å². The van der Waals surface area contributed by atoms with Crippen molar-refractivity contribution in [2.24, 2.45) is 0 Å². The van der Waals surface area contributed by atoms with E-state index in [9.17, 15) is 18.4 Å². The molecule has 0 fully saturated rings. The van der Waals surface area contributed by atoms with Crippen LogP contribution in [0.5, 0.6) is 0 Å². The molecule has 0 saturated heterocycles. The third-order valence-electron chi connectivity index (χ3n) is 2.23. The topological polar surface area (TPSA) is 59.2 Å². The van der Waals surface area contributed by atoms with Gasteiger partial charge in [-0.15, -0.1) is 0 Å². The Labute approximate surface area is 90.2 Å². The van der Waals surface area contributed by atoms with Crippen molar-refractivity contribution in [3.63, 3.8) is 0 Å². The SMILES string of the molecule is COC(=O)Cc1[nH]c(=O)cc(C(F)F)c1C. The summed E-state index contributed by atoms with van der Waals surface area (Å²) < 4.78 is 29.5. The lowest BCUT2D eigenvalue weighted by Gasteiger charge is -2.09. The quantitative estimate of drug-likeness (QED) is 0.798. The Balaban J connectivity index is 3.19. The second-order valence-electron chi connectivity index (χ2n) is 3.25. The lowest BCUT2D eigenvalue weighted by molar-refractivity contribution is -0.139. The third-order valence-corrected chi connectivity index (χ3v) is 2.23. The zero-order chi connectivity index (χ0) is 12.3. The molecule has 0 spiro atoms. The number of hydrogen-bond donors (Lipinski definition) is 1. The molecule has 1 rings (SSSR count). The summed E-state index contributed by atoms with van der Waals surface area (Å²) in [5.74, 6) is -0.592. The number of alkyl halides is 2. The normalized spacial score (nSPS) is 10.6. The molecule has 0 aromatic carbocycles. The Morgan fingerprint density at radius 2 is 2.19 bits per heavy atom. The van der Waals surface area contributed by atoms with E-state index in [1.165, 1.54) is 14.0 Å². The van der Waals surface area contributed by atoms with Crippen molar-refractivity contribution in [3.8, 4) is 0 Å². The van der Waals surface area contributed by atoms with E-state index in [1.54, 1.807) is 0 Å². The predicted octanol–water partition coefficient (Wildman–Crippen LogP) is 1.34. The van der Waals surface area contributed by atoms with Gasteiger partial charge in [0.25, 0.3) is 6.43 Å². The van der Waals surface area contributed by atoms with E-state index < -0.39 is 18.0 Å². The summed E-state index contributed by atoms with van der Waals surface area (Å²) in [5.41, 5.74) is -0.642. The van der Waals surface area contributed by atoms with E-state index in [-0.39, 0.29) is 23.2 Å². The van der Waals surface area contributed by atoms with Crippen LogP contribution in [0.4, 0.5) is 8.78 Å². The molecule has 0 aliphatic carbocycles. The number of esters is 1. The van der Waals surface area contributed by atoms with E-state index in [4.69, 9.17) is 0 Å². The van der Waals surface area contributed by atoms with Crippen molar-refractivity contribution in [1.82, 2.24) is 4.98 Å². The molecule has 0 atom stereocenters. The first-order valence-electron chi connectivity index (χ1n) is 4.53. The molecule has 1 N–H and O–H groups in total. The Hall–Kier alpha value is -1.72. The van der Waals surface area contributed by atoms with Crippen LogP contribution in [-0.4, -0.2) is 18.1 Å². The molecule has 0 bridgehead atoms. The van der Waals surface area contributed by atoms with Crippen molar-refractivity contribution in [1.29, 1.82) is 0 Å². The molecular weight excluding hydrogens is 220 g/mol. The zero-order valence-corrected chi connectivity index (χ0v) is 8.84. The van der Waals surface area contributed by atoms with Gasteiger partial charge in [-0.05, 0) is 12.5 Å². The van der Waals surface area contributed by atoms with Gasteiger partial charge in [-0.25, -0.2) is 8.78 Å². The Morgan fingerprint density at radius 1 is 1.56 bits per heavy atom. The van der Waals surface area contributed by atoms with Crippen LogP contribution >= 0.6 is 0 Å². The maximum atomic E-state index is 12.5. The average Bonchev–Trinajstić information content (AvgIpc) is 2.22. The highest BCUT2D eigenvalue weighted by Gasteiger charge is 2.16. The van der Waals surface area contributed by atoms with Crippen LogP contribution in [0.25, 0.3) is 0 Å². The number of hydrogen-bond acceptors (Lipinski definition) is 3. The van der Waals surface area contributed by atoms with Gasteiger partial charge in [-0.3, -0.25) is 9.59 Å². The summed E-state index contributed by atoms with van der Waals surface area (Å²) in [5, 5.41) is 0. The molecule has 0 aliphatic heterocycles. The van der Waals surface area contributed by atoms with Gasteiger partial charge in [0, 0.05) is 17.3 Å². The van der Waals surface area contributed by atoms with Gasteiger partial charge in [0.05, 0.1) is 13.5 Å². The summed E-state index contributed by atoms with van der Waals surface area (Å²) in [6.45, 7) is 1.43. The van der Waals surface area contributed by atoms with Crippen LogP contribution < -0.4 is 5.56 Å². The maximum absolute atomic E-state index is 12.5. The minimum Gasteiger partial charge on any atom is -0.469 e. The van der Waals surface area contributed by atoms with E-state index in [0.29, 0.717) is 0 Å². The lowest BCUT2D eigenvalue weighted by Crippen LogP contribution is -2.16. The van der Waals surface area contributed by atoms with Crippen LogP contribution in [0, 0.1) is 6.92 Å². The average molecular weight is 231 g/mol. The zero-order valence-electron chi connectivity index (χ0n) is 8.84. The van der Waals surface area contributed by atoms with Crippen LogP contribution in [0.2, 0.25) is 0 Å². The molecule has 1 aromatic heterocycles. The van der Waals surface area contributed by atoms with Gasteiger partial charge < -0.3 is 9.72 Å². The summed E-state index contributed by atoms with van der Waals surface area (Å²) in [4.78, 5) is 24.4. The number of rotatable bonds is 3. The summed E-state index contributed by atoms with van der Waals surface area (Å²) in [6, 6.07) is 0.834. The third kappa shape index (κ3) is 2.65. The van der Waals surface area contributed by atoms with Gasteiger partial charge in [-0.2, -0.15) is 0 Å². The molecule has 16 heavy (non-hydrogen) atoms. The van der Waals surface area contributed by atoms with Crippen LogP contribution in [0.1, 0.15) is 23.2 Å². The summed E-state index contributed by atoms with van der Waals surface area (Å²) >= 11 is 0. The van der Waals surface area contributed by atoms with Crippen LogP contribution in [0.3, 0.4) is 0 Å². The number of nitrogens with one attached hydrogen (secondary N) is 1. The fourth-order valence-corrected chi connectivity index (χ4v) is 1.32. The van der Waals surface area contributed by atoms with Gasteiger partial charge in [-0.1, -0.05) is 0 Å². The fraction of sp³-hybridized carbons (Fsp3) is 0.400. The highest BCUT2D eigenvalue weighted by molar-refractivity contribution is 5.72. The molecule has 1 aromatic rings. The number of pyridine rings is 1. The van der Waals surface area contributed by atoms with Crippen molar-refractivity contribution in [2.75, 3.05) is 7.11 Å². The van der Waals surface area contributed by atoms with Crippen LogP contribution in [0.15, 0.2) is 10.9 Å². The monoisotopic (exact) mass is 231 g/mol. The van der Waals surface area contributed by atoms with Gasteiger partial charge >= 0.3 is 5.97 Å². The van der Waals surface area contributed by atoms with E-state index in [2.05, 4.69) is 9.72 Å².